The smallest absolute Gasteiger partial charge is 0.317 e. The number of carbonyl (C=O) groups excluding carboxylic acids is 2. The van der Waals surface area contributed by atoms with E-state index in [1.807, 2.05) is 36.1 Å². The number of β-amino-alcohol motifs (C(OH)–C–C–N with tert-alkyl or cyclic N) is 1. The van der Waals surface area contributed by atoms with Gasteiger partial charge in [-0.1, -0.05) is 17.7 Å². The van der Waals surface area contributed by atoms with E-state index in [2.05, 4.69) is 5.32 Å². The monoisotopic (exact) mass is 359 g/mol. The van der Waals surface area contributed by atoms with Crippen molar-refractivity contribution in [3.8, 4) is 0 Å². The number of urea groups is 1. The third kappa shape index (κ3) is 4.55. The summed E-state index contributed by atoms with van der Waals surface area (Å²) in [7, 11) is 0. The lowest BCUT2D eigenvalue weighted by Crippen LogP contribution is -2.55. The molecule has 2 saturated heterocycles. The van der Waals surface area contributed by atoms with Gasteiger partial charge in [-0.05, 0) is 51.7 Å². The van der Waals surface area contributed by atoms with Gasteiger partial charge in [-0.2, -0.15) is 0 Å². The molecule has 2 aliphatic rings. The molecule has 0 radical (unpaired) electrons. The molecule has 3 rings (SSSR count). The van der Waals surface area contributed by atoms with Crippen molar-refractivity contribution in [1.29, 1.82) is 0 Å². The highest BCUT2D eigenvalue weighted by atomic mass is 16.3. The van der Waals surface area contributed by atoms with Crippen LogP contribution in [0.5, 0.6) is 0 Å². The number of hydrogen-bond acceptors (Lipinski definition) is 3. The van der Waals surface area contributed by atoms with Gasteiger partial charge >= 0.3 is 6.03 Å². The first-order valence-corrected chi connectivity index (χ1v) is 9.48. The van der Waals surface area contributed by atoms with Crippen molar-refractivity contribution >= 4 is 11.9 Å². The average Bonchev–Trinajstić information content (AvgIpc) is 2.61. The van der Waals surface area contributed by atoms with Crippen LogP contribution in [0.15, 0.2) is 24.3 Å². The van der Waals surface area contributed by atoms with Crippen molar-refractivity contribution in [3.05, 3.63) is 35.4 Å². The third-order valence-electron chi connectivity index (χ3n) is 5.37. The molecule has 0 aliphatic carbocycles. The molecule has 0 aromatic heterocycles. The lowest BCUT2D eigenvalue weighted by atomic mass is 9.95. The zero-order chi connectivity index (χ0) is 18.7. The number of piperidine rings is 2. The lowest BCUT2D eigenvalue weighted by Gasteiger charge is -2.38. The third-order valence-corrected chi connectivity index (χ3v) is 5.37. The highest BCUT2D eigenvalue weighted by molar-refractivity contribution is 5.94. The largest absolute Gasteiger partial charge is 0.388 e. The number of benzene rings is 1. The molecule has 2 N–H and O–H groups in total. The normalized spacial score (nSPS) is 24.4. The van der Waals surface area contributed by atoms with E-state index in [1.54, 1.807) is 11.8 Å². The van der Waals surface area contributed by atoms with Crippen LogP contribution in [-0.4, -0.2) is 64.7 Å². The first-order valence-electron chi connectivity index (χ1n) is 9.48. The fraction of sp³-hybridized carbons (Fsp3) is 0.600. The Labute approximate surface area is 155 Å². The summed E-state index contributed by atoms with van der Waals surface area (Å²) in [6.45, 7) is 6.15. The second kappa shape index (κ2) is 7.66. The van der Waals surface area contributed by atoms with Crippen LogP contribution in [0.3, 0.4) is 0 Å². The zero-order valence-corrected chi connectivity index (χ0v) is 15.7. The summed E-state index contributed by atoms with van der Waals surface area (Å²) in [6.07, 6.45) is 3.07. The number of nitrogens with one attached hydrogen (secondary N) is 1. The molecule has 0 bridgehead atoms. The van der Waals surface area contributed by atoms with Gasteiger partial charge in [0.1, 0.15) is 0 Å². The number of likely N-dealkylation sites (tertiary alicyclic amines) is 2. The standard InChI is InChI=1S/C20H29N3O3/c1-15-4-6-16(7-5-15)18(24)22-12-8-17(9-13-22)21-19(25)23-11-3-10-20(2,26)14-23/h4-7,17,26H,3,8-14H2,1-2H3,(H,21,25). The van der Waals surface area contributed by atoms with E-state index < -0.39 is 5.60 Å². The number of carbonyl (C=O) groups is 2. The maximum absolute atomic E-state index is 12.6. The fourth-order valence-corrected chi connectivity index (χ4v) is 3.76. The summed E-state index contributed by atoms with van der Waals surface area (Å²) < 4.78 is 0. The Hall–Kier alpha value is -2.08. The van der Waals surface area contributed by atoms with Crippen LogP contribution in [0.25, 0.3) is 0 Å². The Morgan fingerprint density at radius 3 is 2.38 bits per heavy atom. The summed E-state index contributed by atoms with van der Waals surface area (Å²) in [4.78, 5) is 28.6. The molecule has 0 spiro atoms. The number of aryl methyl sites for hydroxylation is 1. The molecule has 2 heterocycles. The van der Waals surface area contributed by atoms with Crippen molar-refractivity contribution in [3.63, 3.8) is 0 Å². The van der Waals surface area contributed by atoms with Crippen LogP contribution < -0.4 is 5.32 Å². The van der Waals surface area contributed by atoms with E-state index in [1.165, 1.54) is 0 Å². The van der Waals surface area contributed by atoms with Gasteiger partial charge in [0.05, 0.1) is 12.1 Å². The van der Waals surface area contributed by atoms with Crippen LogP contribution in [0.4, 0.5) is 4.79 Å². The second-order valence-corrected chi connectivity index (χ2v) is 7.90. The van der Waals surface area contributed by atoms with E-state index in [-0.39, 0.29) is 18.0 Å². The number of aliphatic hydroxyl groups is 1. The van der Waals surface area contributed by atoms with E-state index in [0.717, 1.165) is 31.2 Å². The van der Waals surface area contributed by atoms with Gasteiger partial charge in [0.15, 0.2) is 0 Å². The topological polar surface area (TPSA) is 72.9 Å². The average molecular weight is 359 g/mol. The van der Waals surface area contributed by atoms with Gasteiger partial charge < -0.3 is 20.2 Å². The van der Waals surface area contributed by atoms with Gasteiger partial charge in [0.25, 0.3) is 5.91 Å². The molecule has 1 atom stereocenters. The number of nitrogens with zero attached hydrogens (tertiary/aromatic N) is 2. The van der Waals surface area contributed by atoms with Crippen LogP contribution in [-0.2, 0) is 0 Å². The van der Waals surface area contributed by atoms with E-state index in [0.29, 0.717) is 31.7 Å². The maximum atomic E-state index is 12.6. The first-order chi connectivity index (χ1) is 12.3. The summed E-state index contributed by atoms with van der Waals surface area (Å²) in [6, 6.07) is 7.62. The molecule has 1 unspecified atom stereocenters. The molecule has 2 fully saturated rings. The van der Waals surface area contributed by atoms with Crippen LogP contribution in [0.2, 0.25) is 0 Å². The van der Waals surface area contributed by atoms with Gasteiger partial charge in [-0.25, -0.2) is 4.79 Å². The van der Waals surface area contributed by atoms with Crippen molar-refractivity contribution in [2.24, 2.45) is 0 Å². The number of rotatable bonds is 2. The summed E-state index contributed by atoms with van der Waals surface area (Å²) in [5.74, 6) is 0.0573. The number of hydrogen-bond donors (Lipinski definition) is 2. The minimum Gasteiger partial charge on any atom is -0.388 e. The Balaban J connectivity index is 1.48. The van der Waals surface area contributed by atoms with Crippen LogP contribution in [0.1, 0.15) is 48.5 Å². The highest BCUT2D eigenvalue weighted by Crippen LogP contribution is 2.21. The molecule has 26 heavy (non-hydrogen) atoms. The summed E-state index contributed by atoms with van der Waals surface area (Å²) >= 11 is 0. The predicted molar refractivity (Wildman–Crippen MR) is 100 cm³/mol. The second-order valence-electron chi connectivity index (χ2n) is 7.90. The quantitative estimate of drug-likeness (QED) is 0.850. The SMILES string of the molecule is Cc1ccc(C(=O)N2CCC(NC(=O)N3CCCC(C)(O)C3)CC2)cc1. The van der Waals surface area contributed by atoms with Crippen molar-refractivity contribution < 1.29 is 14.7 Å². The van der Waals surface area contributed by atoms with Crippen LogP contribution in [0, 0.1) is 6.92 Å². The Morgan fingerprint density at radius 2 is 1.77 bits per heavy atom. The molecular formula is C20H29N3O3. The Morgan fingerprint density at radius 1 is 1.12 bits per heavy atom. The van der Waals surface area contributed by atoms with Crippen molar-refractivity contribution in [1.82, 2.24) is 15.1 Å². The minimum absolute atomic E-state index is 0.0573. The van der Waals surface area contributed by atoms with Gasteiger partial charge in [-0.15, -0.1) is 0 Å². The Kier molecular flexibility index (Phi) is 5.51. The van der Waals surface area contributed by atoms with Crippen molar-refractivity contribution in [2.75, 3.05) is 26.2 Å². The molecule has 1 aromatic carbocycles. The molecule has 6 nitrogen and oxygen atoms in total. The summed E-state index contributed by atoms with van der Waals surface area (Å²) in [5.41, 5.74) is 1.06. The highest BCUT2D eigenvalue weighted by Gasteiger charge is 2.32. The zero-order valence-electron chi connectivity index (χ0n) is 15.7. The van der Waals surface area contributed by atoms with Gasteiger partial charge in [0, 0.05) is 31.2 Å². The molecule has 1 aromatic rings. The fourth-order valence-electron chi connectivity index (χ4n) is 3.76. The van der Waals surface area contributed by atoms with Crippen LogP contribution >= 0.6 is 0 Å². The lowest BCUT2D eigenvalue weighted by molar-refractivity contribution is -0.00314. The predicted octanol–water partition coefficient (Wildman–Crippen LogP) is 2.16. The molecule has 3 amide bonds. The molecule has 6 heteroatoms. The molecular weight excluding hydrogens is 330 g/mol. The first kappa shape index (κ1) is 18.7. The molecule has 2 aliphatic heterocycles. The van der Waals surface area contributed by atoms with Gasteiger partial charge in [0.2, 0.25) is 0 Å². The van der Waals surface area contributed by atoms with E-state index in [9.17, 15) is 14.7 Å². The molecule has 142 valence electrons. The molecule has 0 saturated carbocycles. The Bertz CT molecular complexity index is 649. The summed E-state index contributed by atoms with van der Waals surface area (Å²) in [5, 5.41) is 13.2. The number of amides is 3. The van der Waals surface area contributed by atoms with E-state index in [4.69, 9.17) is 0 Å². The maximum Gasteiger partial charge on any atom is 0.317 e. The van der Waals surface area contributed by atoms with Crippen molar-refractivity contribution in [2.45, 2.75) is 51.2 Å². The van der Waals surface area contributed by atoms with Gasteiger partial charge in [-0.3, -0.25) is 4.79 Å². The van der Waals surface area contributed by atoms with E-state index >= 15 is 0 Å². The minimum atomic E-state index is -0.792.